The number of nitrogens with one attached hydrogen (secondary N) is 2. The first kappa shape index (κ1) is 15.5. The molecule has 1 aromatic heterocycles. The molecule has 0 radical (unpaired) electrons. The highest BCUT2D eigenvalue weighted by Gasteiger charge is 2.11. The Hall–Kier alpha value is -2.85. The Morgan fingerprint density at radius 3 is 2.55 bits per heavy atom. The number of nitrogens with zero attached hydrogens (tertiary/aromatic N) is 1. The Labute approximate surface area is 131 Å². The summed E-state index contributed by atoms with van der Waals surface area (Å²) in [4.78, 5) is 23.9. The number of benzene rings is 1. The molecule has 0 aliphatic rings. The quantitative estimate of drug-likeness (QED) is 0.841. The van der Waals surface area contributed by atoms with Gasteiger partial charge in [-0.3, -0.25) is 20.4 Å². The van der Waals surface area contributed by atoms with E-state index in [4.69, 9.17) is 10.00 Å². The summed E-state index contributed by atoms with van der Waals surface area (Å²) in [6, 6.07) is 10.2. The summed E-state index contributed by atoms with van der Waals surface area (Å²) >= 11 is 1.30. The smallest absolute Gasteiger partial charge is 0.280 e. The van der Waals surface area contributed by atoms with Crippen LogP contribution in [0.5, 0.6) is 5.75 Å². The zero-order valence-electron chi connectivity index (χ0n) is 11.8. The average molecular weight is 315 g/mol. The fraction of sp³-hybridized carbons (Fsp3) is 0.133. The standard InChI is InChI=1S/C15H13N3O3S/c1-10-6-7-22-14(10)15(20)18-17-13(19)9-21-12-4-2-11(8-16)3-5-12/h2-7H,9H2,1H3,(H,17,19)(H,18,20). The number of nitriles is 1. The van der Waals surface area contributed by atoms with Crippen LogP contribution in [0.3, 0.4) is 0 Å². The molecule has 0 unspecified atom stereocenters. The summed E-state index contributed by atoms with van der Waals surface area (Å²) in [5, 5.41) is 10.5. The zero-order valence-corrected chi connectivity index (χ0v) is 12.6. The van der Waals surface area contributed by atoms with E-state index in [1.807, 2.05) is 19.1 Å². The molecule has 0 spiro atoms. The highest BCUT2D eigenvalue weighted by atomic mass is 32.1. The van der Waals surface area contributed by atoms with Crippen molar-refractivity contribution in [2.45, 2.75) is 6.92 Å². The summed E-state index contributed by atoms with van der Waals surface area (Å²) in [7, 11) is 0. The Morgan fingerprint density at radius 2 is 1.95 bits per heavy atom. The number of hydrogen-bond acceptors (Lipinski definition) is 5. The molecule has 0 aliphatic carbocycles. The molecule has 22 heavy (non-hydrogen) atoms. The van der Waals surface area contributed by atoms with Gasteiger partial charge in [0.2, 0.25) is 0 Å². The van der Waals surface area contributed by atoms with Crippen LogP contribution in [0.4, 0.5) is 0 Å². The van der Waals surface area contributed by atoms with Crippen molar-refractivity contribution in [1.82, 2.24) is 10.9 Å². The van der Waals surface area contributed by atoms with Crippen molar-refractivity contribution in [3.05, 3.63) is 51.7 Å². The van der Waals surface area contributed by atoms with E-state index in [0.29, 0.717) is 16.2 Å². The monoisotopic (exact) mass is 315 g/mol. The fourth-order valence-electron chi connectivity index (χ4n) is 1.60. The van der Waals surface area contributed by atoms with Crippen molar-refractivity contribution in [3.63, 3.8) is 0 Å². The van der Waals surface area contributed by atoms with Gasteiger partial charge >= 0.3 is 0 Å². The molecule has 0 aliphatic heterocycles. The van der Waals surface area contributed by atoms with E-state index in [9.17, 15) is 9.59 Å². The highest BCUT2D eigenvalue weighted by Crippen LogP contribution is 2.14. The molecule has 1 aromatic carbocycles. The van der Waals surface area contributed by atoms with Crippen molar-refractivity contribution >= 4 is 23.2 Å². The molecule has 6 nitrogen and oxygen atoms in total. The Morgan fingerprint density at radius 1 is 1.23 bits per heavy atom. The number of thiophene rings is 1. The normalized spacial score (nSPS) is 9.64. The predicted octanol–water partition coefficient (Wildman–Crippen LogP) is 1.77. The molecule has 2 amide bonds. The van der Waals surface area contributed by atoms with Crippen LogP contribution in [0.25, 0.3) is 0 Å². The van der Waals surface area contributed by atoms with E-state index in [1.54, 1.807) is 29.6 Å². The third-order valence-electron chi connectivity index (χ3n) is 2.74. The number of rotatable bonds is 4. The van der Waals surface area contributed by atoms with Gasteiger partial charge in [0.05, 0.1) is 16.5 Å². The van der Waals surface area contributed by atoms with Gasteiger partial charge in [0.15, 0.2) is 6.61 Å². The number of hydrazine groups is 1. The lowest BCUT2D eigenvalue weighted by Gasteiger charge is -2.08. The van der Waals surface area contributed by atoms with Crippen LogP contribution in [-0.2, 0) is 4.79 Å². The van der Waals surface area contributed by atoms with Gasteiger partial charge in [0.1, 0.15) is 5.75 Å². The van der Waals surface area contributed by atoms with E-state index < -0.39 is 5.91 Å². The summed E-state index contributed by atoms with van der Waals surface area (Å²) in [5.74, 6) is -0.374. The van der Waals surface area contributed by atoms with Gasteiger partial charge in [-0.1, -0.05) is 0 Å². The van der Waals surface area contributed by atoms with Gasteiger partial charge in [-0.05, 0) is 48.2 Å². The molecule has 112 valence electrons. The number of amides is 2. The topological polar surface area (TPSA) is 91.2 Å². The first-order chi connectivity index (χ1) is 10.6. The summed E-state index contributed by atoms with van der Waals surface area (Å²) in [6.07, 6.45) is 0. The number of ether oxygens (including phenoxy) is 1. The summed E-state index contributed by atoms with van der Waals surface area (Å²) in [5.41, 5.74) is 5.97. The minimum absolute atomic E-state index is 0.240. The van der Waals surface area contributed by atoms with Gasteiger partial charge in [-0.2, -0.15) is 5.26 Å². The molecule has 0 atom stereocenters. The lowest BCUT2D eigenvalue weighted by Crippen LogP contribution is -2.43. The Kier molecular flexibility index (Phi) is 5.11. The van der Waals surface area contributed by atoms with Crippen LogP contribution in [0, 0.1) is 18.3 Å². The SMILES string of the molecule is Cc1ccsc1C(=O)NNC(=O)COc1ccc(C#N)cc1. The van der Waals surface area contributed by atoms with E-state index in [2.05, 4.69) is 10.9 Å². The van der Waals surface area contributed by atoms with Gasteiger partial charge in [-0.15, -0.1) is 11.3 Å². The first-order valence-electron chi connectivity index (χ1n) is 6.36. The molecule has 2 rings (SSSR count). The molecule has 0 saturated carbocycles. The van der Waals surface area contributed by atoms with Crippen molar-refractivity contribution in [2.75, 3.05) is 6.61 Å². The largest absolute Gasteiger partial charge is 0.484 e. The minimum Gasteiger partial charge on any atom is -0.484 e. The fourth-order valence-corrected chi connectivity index (χ4v) is 2.42. The first-order valence-corrected chi connectivity index (χ1v) is 7.24. The number of carbonyl (C=O) groups is 2. The van der Waals surface area contributed by atoms with E-state index in [1.165, 1.54) is 11.3 Å². The number of hydrogen-bond donors (Lipinski definition) is 2. The van der Waals surface area contributed by atoms with Gasteiger partial charge in [-0.25, -0.2) is 0 Å². The molecule has 0 saturated heterocycles. The Bertz CT molecular complexity index is 716. The van der Waals surface area contributed by atoms with E-state index >= 15 is 0 Å². The van der Waals surface area contributed by atoms with Gasteiger partial charge in [0, 0.05) is 0 Å². The maximum absolute atomic E-state index is 11.8. The maximum atomic E-state index is 11.8. The van der Waals surface area contributed by atoms with Crippen molar-refractivity contribution in [2.24, 2.45) is 0 Å². The predicted molar refractivity (Wildman–Crippen MR) is 81.3 cm³/mol. The third-order valence-corrected chi connectivity index (χ3v) is 3.75. The number of carbonyl (C=O) groups excluding carboxylic acids is 2. The van der Waals surface area contributed by atoms with Crippen molar-refractivity contribution in [3.8, 4) is 11.8 Å². The van der Waals surface area contributed by atoms with Crippen LogP contribution < -0.4 is 15.6 Å². The van der Waals surface area contributed by atoms with Crippen LogP contribution >= 0.6 is 11.3 Å². The summed E-state index contributed by atoms with van der Waals surface area (Å²) in [6.45, 7) is 1.58. The van der Waals surface area contributed by atoms with Crippen LogP contribution in [0.15, 0.2) is 35.7 Å². The second kappa shape index (κ2) is 7.24. The molecule has 1 heterocycles. The minimum atomic E-state index is -0.480. The van der Waals surface area contributed by atoms with E-state index in [-0.39, 0.29) is 12.5 Å². The third kappa shape index (κ3) is 4.07. The van der Waals surface area contributed by atoms with Crippen molar-refractivity contribution in [1.29, 1.82) is 5.26 Å². The highest BCUT2D eigenvalue weighted by molar-refractivity contribution is 7.12. The molecule has 0 fully saturated rings. The lowest BCUT2D eigenvalue weighted by atomic mass is 10.2. The lowest BCUT2D eigenvalue weighted by molar-refractivity contribution is -0.123. The Balaban J connectivity index is 1.77. The second-order valence-electron chi connectivity index (χ2n) is 4.36. The van der Waals surface area contributed by atoms with Gasteiger partial charge < -0.3 is 4.74 Å². The zero-order chi connectivity index (χ0) is 15.9. The maximum Gasteiger partial charge on any atom is 0.280 e. The van der Waals surface area contributed by atoms with Crippen LogP contribution in [0.1, 0.15) is 20.8 Å². The van der Waals surface area contributed by atoms with Crippen LogP contribution in [0.2, 0.25) is 0 Å². The molecular weight excluding hydrogens is 302 g/mol. The van der Waals surface area contributed by atoms with E-state index in [0.717, 1.165) is 5.56 Å². The van der Waals surface area contributed by atoms with Gasteiger partial charge in [0.25, 0.3) is 11.8 Å². The van der Waals surface area contributed by atoms with Crippen LogP contribution in [-0.4, -0.2) is 18.4 Å². The molecule has 2 N–H and O–H groups in total. The summed E-state index contributed by atoms with van der Waals surface area (Å²) < 4.78 is 5.24. The second-order valence-corrected chi connectivity index (χ2v) is 5.28. The molecule has 7 heteroatoms. The molecule has 2 aromatic rings. The number of aryl methyl sites for hydroxylation is 1. The molecular formula is C15H13N3O3S. The average Bonchev–Trinajstić information content (AvgIpc) is 2.97. The van der Waals surface area contributed by atoms with Crippen molar-refractivity contribution < 1.29 is 14.3 Å². The molecule has 0 bridgehead atoms.